The van der Waals surface area contributed by atoms with Crippen molar-refractivity contribution in [3.8, 4) is 0 Å². The molecule has 3 aromatic heterocycles. The Kier molecular flexibility index (Phi) is 4.90. The molecule has 0 bridgehead atoms. The Balaban J connectivity index is 1.38. The van der Waals surface area contributed by atoms with E-state index in [1.807, 2.05) is 0 Å². The molecule has 0 radical (unpaired) electrons. The Morgan fingerprint density at radius 3 is 2.37 bits per heavy atom. The number of hydrogen-bond donors (Lipinski definition) is 3. The van der Waals surface area contributed by atoms with Crippen molar-refractivity contribution < 1.29 is 20.1 Å². The zero-order valence-electron chi connectivity index (χ0n) is 16.1. The van der Waals surface area contributed by atoms with Crippen molar-refractivity contribution >= 4 is 22.9 Å². The number of anilines is 2. The molecule has 4 atom stereocenters. The van der Waals surface area contributed by atoms with Crippen LogP contribution in [-0.2, 0) is 4.74 Å². The number of hydrogen-bond acceptors (Lipinski definition) is 11. The van der Waals surface area contributed by atoms with Crippen molar-refractivity contribution in [3.05, 3.63) is 31.1 Å². The highest BCUT2D eigenvalue weighted by atomic mass is 16.6. The highest BCUT2D eigenvalue weighted by Crippen LogP contribution is 2.32. The van der Waals surface area contributed by atoms with Crippen LogP contribution in [0.15, 0.2) is 31.1 Å². The largest absolute Gasteiger partial charge is 0.394 e. The number of aliphatic hydroxyl groups is 3. The van der Waals surface area contributed by atoms with Gasteiger partial charge < -0.3 is 29.9 Å². The maximum atomic E-state index is 10.3. The Bertz CT molecular complexity index is 1010. The zero-order chi connectivity index (χ0) is 20.7. The summed E-state index contributed by atoms with van der Waals surface area (Å²) in [4.78, 5) is 26.0. The molecular weight excluding hydrogens is 392 g/mol. The van der Waals surface area contributed by atoms with Gasteiger partial charge in [0.05, 0.1) is 12.9 Å². The molecule has 0 aromatic carbocycles. The van der Waals surface area contributed by atoms with Crippen LogP contribution >= 0.6 is 0 Å². The molecule has 2 fully saturated rings. The molecule has 2 aliphatic heterocycles. The van der Waals surface area contributed by atoms with Crippen LogP contribution in [0.4, 0.5) is 11.8 Å². The van der Waals surface area contributed by atoms with Gasteiger partial charge in [-0.3, -0.25) is 4.57 Å². The summed E-state index contributed by atoms with van der Waals surface area (Å²) in [6, 6.07) is 1.79. The van der Waals surface area contributed by atoms with E-state index in [0.717, 1.165) is 13.1 Å². The Morgan fingerprint density at radius 1 is 0.933 bits per heavy atom. The van der Waals surface area contributed by atoms with Gasteiger partial charge in [-0.15, -0.1) is 0 Å². The summed E-state index contributed by atoms with van der Waals surface area (Å²) in [5, 5.41) is 29.7. The van der Waals surface area contributed by atoms with Crippen molar-refractivity contribution in [1.82, 2.24) is 29.5 Å². The van der Waals surface area contributed by atoms with Gasteiger partial charge in [0.15, 0.2) is 23.2 Å². The fraction of sp³-hybridized carbons (Fsp3) is 0.500. The standard InChI is InChI=1S/C18H22N8O4/c27-8-11-13(28)14(29)17(30-11)26-10-23-12-15(21-9-22-16(12)26)24-4-6-25(7-5-24)18-19-2-1-3-20-18/h1-3,9-11,13-14,17,27-29H,4-8H2/t11-,13-,14-,17-/m1/s1. The molecule has 0 aliphatic carbocycles. The van der Waals surface area contributed by atoms with Crippen LogP contribution in [0.5, 0.6) is 0 Å². The van der Waals surface area contributed by atoms with E-state index in [4.69, 9.17) is 4.74 Å². The normalized spacial score (nSPS) is 27.2. The number of imidazole rings is 1. The molecule has 0 spiro atoms. The lowest BCUT2D eigenvalue weighted by Gasteiger charge is -2.35. The molecule has 5 rings (SSSR count). The van der Waals surface area contributed by atoms with Crippen LogP contribution in [0.25, 0.3) is 11.2 Å². The van der Waals surface area contributed by atoms with Gasteiger partial charge in [-0.2, -0.15) is 0 Å². The third-order valence-electron chi connectivity index (χ3n) is 5.54. The molecule has 0 saturated carbocycles. The van der Waals surface area contributed by atoms with Crippen molar-refractivity contribution in [2.75, 3.05) is 42.6 Å². The Morgan fingerprint density at radius 2 is 1.67 bits per heavy atom. The first-order valence-corrected chi connectivity index (χ1v) is 9.74. The second-order valence-corrected chi connectivity index (χ2v) is 7.27. The highest BCUT2D eigenvalue weighted by molar-refractivity contribution is 5.83. The van der Waals surface area contributed by atoms with Crippen molar-refractivity contribution in [2.24, 2.45) is 0 Å². The van der Waals surface area contributed by atoms with E-state index in [0.29, 0.717) is 36.0 Å². The smallest absolute Gasteiger partial charge is 0.225 e. The number of aromatic nitrogens is 6. The minimum atomic E-state index is -1.20. The number of nitrogens with zero attached hydrogens (tertiary/aromatic N) is 8. The van der Waals surface area contributed by atoms with Crippen LogP contribution in [0, 0.1) is 0 Å². The second-order valence-electron chi connectivity index (χ2n) is 7.27. The average Bonchev–Trinajstić information content (AvgIpc) is 3.35. The van der Waals surface area contributed by atoms with E-state index in [1.54, 1.807) is 23.0 Å². The summed E-state index contributed by atoms with van der Waals surface area (Å²) < 4.78 is 7.18. The van der Waals surface area contributed by atoms with E-state index in [-0.39, 0.29) is 0 Å². The maximum absolute atomic E-state index is 10.3. The molecule has 5 heterocycles. The molecule has 12 heteroatoms. The monoisotopic (exact) mass is 414 g/mol. The van der Waals surface area contributed by atoms with Crippen LogP contribution < -0.4 is 9.80 Å². The maximum Gasteiger partial charge on any atom is 0.225 e. The summed E-state index contributed by atoms with van der Waals surface area (Å²) in [5.41, 5.74) is 1.07. The van der Waals surface area contributed by atoms with Gasteiger partial charge in [-0.1, -0.05) is 0 Å². The molecule has 3 N–H and O–H groups in total. The molecule has 2 aliphatic rings. The van der Waals surface area contributed by atoms with Crippen LogP contribution in [-0.4, -0.2) is 95.9 Å². The number of ether oxygens (including phenoxy) is 1. The predicted octanol–water partition coefficient (Wildman–Crippen LogP) is -1.45. The summed E-state index contributed by atoms with van der Waals surface area (Å²) >= 11 is 0. The number of fused-ring (bicyclic) bond motifs is 1. The Hall–Kier alpha value is -2.93. The van der Waals surface area contributed by atoms with Gasteiger partial charge in [-0.25, -0.2) is 24.9 Å². The fourth-order valence-corrected chi connectivity index (χ4v) is 3.94. The van der Waals surface area contributed by atoms with E-state index < -0.39 is 31.1 Å². The number of aliphatic hydroxyl groups excluding tert-OH is 3. The average molecular weight is 414 g/mol. The number of piperazine rings is 1. The van der Waals surface area contributed by atoms with Crippen molar-refractivity contribution in [2.45, 2.75) is 24.5 Å². The van der Waals surface area contributed by atoms with E-state index in [1.165, 1.54) is 12.7 Å². The molecule has 12 nitrogen and oxygen atoms in total. The van der Waals surface area contributed by atoms with Gasteiger partial charge in [-0.05, 0) is 6.07 Å². The first-order valence-electron chi connectivity index (χ1n) is 9.74. The third-order valence-corrected chi connectivity index (χ3v) is 5.54. The van der Waals surface area contributed by atoms with Gasteiger partial charge in [0, 0.05) is 38.6 Å². The molecule has 0 unspecified atom stereocenters. The van der Waals surface area contributed by atoms with E-state index in [2.05, 4.69) is 34.7 Å². The lowest BCUT2D eigenvalue weighted by molar-refractivity contribution is -0.0511. The second kappa shape index (κ2) is 7.72. The first-order chi connectivity index (χ1) is 14.7. The van der Waals surface area contributed by atoms with Crippen LogP contribution in [0.1, 0.15) is 6.23 Å². The summed E-state index contributed by atoms with van der Waals surface area (Å²) in [7, 11) is 0. The SMILES string of the molecule is OC[C@H]1O[C@@H](n2cnc3c(N4CCN(c5ncccn5)CC4)ncnc32)[C@H](O)[C@@H]1O. The van der Waals surface area contributed by atoms with Crippen LogP contribution in [0.2, 0.25) is 0 Å². The van der Waals surface area contributed by atoms with Gasteiger partial charge in [0.25, 0.3) is 0 Å². The van der Waals surface area contributed by atoms with Crippen LogP contribution in [0.3, 0.4) is 0 Å². The predicted molar refractivity (Wildman–Crippen MR) is 105 cm³/mol. The molecule has 158 valence electrons. The topological polar surface area (TPSA) is 146 Å². The van der Waals surface area contributed by atoms with Crippen molar-refractivity contribution in [1.29, 1.82) is 0 Å². The molecule has 0 amide bonds. The lowest BCUT2D eigenvalue weighted by Crippen LogP contribution is -2.47. The molecule has 30 heavy (non-hydrogen) atoms. The molecular formula is C18H22N8O4. The first kappa shape index (κ1) is 19.1. The highest BCUT2D eigenvalue weighted by Gasteiger charge is 2.44. The van der Waals surface area contributed by atoms with Gasteiger partial charge in [0.2, 0.25) is 5.95 Å². The van der Waals surface area contributed by atoms with E-state index in [9.17, 15) is 15.3 Å². The minimum absolute atomic E-state index is 0.392. The van der Waals surface area contributed by atoms with Gasteiger partial charge >= 0.3 is 0 Å². The summed E-state index contributed by atoms with van der Waals surface area (Å²) in [6.45, 7) is 2.52. The quantitative estimate of drug-likeness (QED) is 0.461. The molecule has 3 aromatic rings. The van der Waals surface area contributed by atoms with Gasteiger partial charge in [0.1, 0.15) is 24.6 Å². The number of rotatable bonds is 4. The minimum Gasteiger partial charge on any atom is -0.394 e. The lowest BCUT2D eigenvalue weighted by atomic mass is 10.1. The third kappa shape index (κ3) is 3.13. The molecule has 2 saturated heterocycles. The summed E-state index contributed by atoms with van der Waals surface area (Å²) in [6.07, 6.45) is 2.27. The van der Waals surface area contributed by atoms with Crippen molar-refractivity contribution in [3.63, 3.8) is 0 Å². The summed E-state index contributed by atoms with van der Waals surface area (Å²) in [5.74, 6) is 1.40. The fourth-order valence-electron chi connectivity index (χ4n) is 3.94. The Labute approximate surface area is 171 Å². The van der Waals surface area contributed by atoms with E-state index >= 15 is 0 Å². The zero-order valence-corrected chi connectivity index (χ0v) is 16.1.